The fourth-order valence-corrected chi connectivity index (χ4v) is 3.83. The number of hydrogen-bond acceptors (Lipinski definition) is 0. The third-order valence-corrected chi connectivity index (χ3v) is 4.43. The Hall–Kier alpha value is 0.648. The summed E-state index contributed by atoms with van der Waals surface area (Å²) in [6.07, 6.45) is 0. The van der Waals surface area contributed by atoms with E-state index in [2.05, 4.69) is 0 Å². The molecule has 0 heterocycles. The maximum atomic E-state index is 5.65. The van der Waals surface area contributed by atoms with Crippen molar-refractivity contribution in [2.45, 2.75) is 2.58 Å². The van der Waals surface area contributed by atoms with E-state index in [0.29, 0.717) is 0 Å². The van der Waals surface area contributed by atoms with Gasteiger partial charge in [0.05, 0.1) is 0 Å². The van der Waals surface area contributed by atoms with E-state index >= 15 is 0 Å². The Morgan fingerprint density at radius 3 is 2.00 bits per heavy atom. The molecule has 1 aromatic rings. The second kappa shape index (κ2) is 4.05. The minimum atomic E-state index is -1.05. The molecule has 0 amide bonds. The first-order chi connectivity index (χ1) is 5.08. The van der Waals surface area contributed by atoms with E-state index in [9.17, 15) is 0 Å². The van der Waals surface area contributed by atoms with Crippen molar-refractivity contribution < 1.29 is 0 Å². The summed E-state index contributed by atoms with van der Waals surface area (Å²) >= 11 is 16.3. The number of benzene rings is 1. The zero-order valence-electron chi connectivity index (χ0n) is 5.52. The van der Waals surface area contributed by atoms with E-state index < -0.39 is 18.3 Å². The van der Waals surface area contributed by atoms with E-state index in [1.165, 1.54) is 0 Å². The Kier molecular flexibility index (Phi) is 3.58. The molecule has 1 rings (SSSR count). The fraction of sp³-hybridized carbons (Fsp3) is 0.143. The molecule has 4 heteroatoms. The molecule has 1 atom stereocenters. The number of alkyl halides is 3. The average molecular weight is 271 g/mol. The van der Waals surface area contributed by atoms with Crippen LogP contribution in [0.25, 0.3) is 0 Å². The van der Waals surface area contributed by atoms with Crippen LogP contribution in [0.3, 0.4) is 0 Å². The predicted octanol–water partition coefficient (Wildman–Crippen LogP) is 2.08. The van der Waals surface area contributed by atoms with Gasteiger partial charge in [-0.25, -0.2) is 0 Å². The van der Waals surface area contributed by atoms with Gasteiger partial charge in [0.15, 0.2) is 0 Å². The van der Waals surface area contributed by atoms with Crippen LogP contribution in [0.2, 0.25) is 0 Å². The van der Waals surface area contributed by atoms with Gasteiger partial charge in [0.2, 0.25) is 0 Å². The van der Waals surface area contributed by atoms with Crippen LogP contribution in [0.5, 0.6) is 0 Å². The third kappa shape index (κ3) is 4.28. The SMILES string of the molecule is ClC(Cl)(Cl)[AsH]c1ccccc1. The second-order valence-corrected chi connectivity index (χ2v) is 9.57. The molecule has 60 valence electrons. The molecule has 0 spiro atoms. The van der Waals surface area contributed by atoms with E-state index in [0.717, 1.165) is 4.35 Å². The van der Waals surface area contributed by atoms with Crippen molar-refractivity contribution >= 4 is 54.9 Å². The molecule has 0 radical (unpaired) electrons. The molecule has 0 aliphatic rings. The molecule has 0 bridgehead atoms. The Morgan fingerprint density at radius 2 is 1.55 bits per heavy atom. The first-order valence-corrected chi connectivity index (χ1v) is 6.21. The molecular weight excluding hydrogens is 265 g/mol. The Morgan fingerprint density at radius 1 is 1.00 bits per heavy atom. The zero-order valence-corrected chi connectivity index (χ0v) is 9.89. The molecule has 0 fully saturated rings. The summed E-state index contributed by atoms with van der Waals surface area (Å²) in [5.74, 6) is 0. The van der Waals surface area contributed by atoms with Gasteiger partial charge in [0.1, 0.15) is 0 Å². The van der Waals surface area contributed by atoms with E-state index in [4.69, 9.17) is 34.8 Å². The summed E-state index contributed by atoms with van der Waals surface area (Å²) in [5, 5.41) is 0. The molecule has 1 unspecified atom stereocenters. The normalized spacial score (nSPS) is 12.6. The van der Waals surface area contributed by atoms with Crippen LogP contribution in [0.1, 0.15) is 0 Å². The summed E-state index contributed by atoms with van der Waals surface area (Å²) in [7, 11) is 0. The van der Waals surface area contributed by atoms with Crippen molar-refractivity contribution in [3.05, 3.63) is 30.3 Å². The topological polar surface area (TPSA) is 0 Å². The quantitative estimate of drug-likeness (QED) is 0.542. The van der Waals surface area contributed by atoms with Crippen molar-refractivity contribution in [2.24, 2.45) is 0 Å². The molecule has 0 aromatic heterocycles. The standard InChI is InChI=1S/C7H6AsCl3/c9-7(10,11)8-6-4-2-1-3-5-6/h1-5,8H. The summed E-state index contributed by atoms with van der Waals surface area (Å²) in [6.45, 7) is 0. The molecule has 1 aromatic carbocycles. The molecule has 11 heavy (non-hydrogen) atoms. The van der Waals surface area contributed by atoms with Gasteiger partial charge in [-0.05, 0) is 0 Å². The van der Waals surface area contributed by atoms with Crippen LogP contribution < -0.4 is 4.35 Å². The third-order valence-electron chi connectivity index (χ3n) is 1.06. The van der Waals surface area contributed by atoms with Gasteiger partial charge in [-0.1, -0.05) is 0 Å². The van der Waals surface area contributed by atoms with E-state index in [1.807, 2.05) is 30.3 Å². The van der Waals surface area contributed by atoms with Gasteiger partial charge in [-0.2, -0.15) is 0 Å². The van der Waals surface area contributed by atoms with Gasteiger partial charge < -0.3 is 0 Å². The molecule has 0 saturated carbocycles. The van der Waals surface area contributed by atoms with Crippen LogP contribution in [0, 0.1) is 0 Å². The number of hydrogen-bond donors (Lipinski definition) is 0. The number of rotatable bonds is 1. The zero-order chi connectivity index (χ0) is 8.32. The summed E-state index contributed by atoms with van der Waals surface area (Å²) < 4.78 is 0.106. The first-order valence-electron chi connectivity index (χ1n) is 2.98. The number of halogens is 3. The van der Waals surface area contributed by atoms with E-state index in [1.54, 1.807) is 0 Å². The van der Waals surface area contributed by atoms with Gasteiger partial charge in [0, 0.05) is 0 Å². The molecule has 0 saturated heterocycles. The van der Waals surface area contributed by atoms with Gasteiger partial charge in [-0.15, -0.1) is 0 Å². The fourth-order valence-electron chi connectivity index (χ4n) is 0.685. The van der Waals surface area contributed by atoms with Crippen molar-refractivity contribution in [3.63, 3.8) is 0 Å². The maximum absolute atomic E-state index is 5.65. The summed E-state index contributed by atoms with van der Waals surface area (Å²) in [4.78, 5) is 0. The minimum absolute atomic E-state index is 0.653. The van der Waals surface area contributed by atoms with Crippen molar-refractivity contribution in [2.75, 3.05) is 0 Å². The van der Waals surface area contributed by atoms with Crippen LogP contribution >= 0.6 is 34.8 Å². The second-order valence-electron chi connectivity index (χ2n) is 1.99. The van der Waals surface area contributed by atoms with E-state index in [-0.39, 0.29) is 0 Å². The Labute approximate surface area is 87.5 Å². The Balaban J connectivity index is 2.66. The molecule has 0 nitrogen and oxygen atoms in total. The predicted molar refractivity (Wildman–Crippen MR) is 53.5 cm³/mol. The molecule has 0 aliphatic carbocycles. The molecule has 0 N–H and O–H groups in total. The molecular formula is C7H6AsCl3. The Bertz CT molecular complexity index is 217. The monoisotopic (exact) mass is 270 g/mol. The summed E-state index contributed by atoms with van der Waals surface area (Å²) in [5.41, 5.74) is 0. The summed E-state index contributed by atoms with van der Waals surface area (Å²) in [6, 6.07) is 9.84. The van der Waals surface area contributed by atoms with Crippen molar-refractivity contribution in [3.8, 4) is 0 Å². The van der Waals surface area contributed by atoms with Crippen molar-refractivity contribution in [1.82, 2.24) is 0 Å². The van der Waals surface area contributed by atoms with Gasteiger partial charge in [0.25, 0.3) is 0 Å². The van der Waals surface area contributed by atoms with Crippen LogP contribution in [-0.2, 0) is 0 Å². The average Bonchev–Trinajstić information content (AvgIpc) is 1.85. The first kappa shape index (κ1) is 9.73. The van der Waals surface area contributed by atoms with Crippen molar-refractivity contribution in [1.29, 1.82) is 0 Å². The van der Waals surface area contributed by atoms with Gasteiger partial charge >= 0.3 is 87.8 Å². The van der Waals surface area contributed by atoms with Gasteiger partial charge in [-0.3, -0.25) is 0 Å². The van der Waals surface area contributed by atoms with Crippen LogP contribution in [0.15, 0.2) is 30.3 Å². The van der Waals surface area contributed by atoms with Crippen LogP contribution in [0.4, 0.5) is 0 Å². The van der Waals surface area contributed by atoms with Crippen LogP contribution in [-0.4, -0.2) is 18.3 Å². The molecule has 0 aliphatic heterocycles.